The van der Waals surface area contributed by atoms with Gasteiger partial charge < -0.3 is 9.64 Å². The summed E-state index contributed by atoms with van der Waals surface area (Å²) in [6.45, 7) is 1.54. The first-order chi connectivity index (χ1) is 12.9. The number of ether oxygens (including phenoxy) is 1. The highest BCUT2D eigenvalue weighted by molar-refractivity contribution is 7.18. The molecule has 7 heteroatoms. The molecule has 0 saturated heterocycles. The Hall–Kier alpha value is -2.80. The van der Waals surface area contributed by atoms with Crippen molar-refractivity contribution in [1.29, 1.82) is 0 Å². The Morgan fingerprint density at radius 2 is 1.89 bits per heavy atom. The number of hydrogen-bond donors (Lipinski definition) is 0. The maximum atomic E-state index is 12.9. The van der Waals surface area contributed by atoms with Crippen molar-refractivity contribution in [1.82, 2.24) is 9.88 Å². The quantitative estimate of drug-likeness (QED) is 0.606. The zero-order valence-corrected chi connectivity index (χ0v) is 15.8. The van der Waals surface area contributed by atoms with Gasteiger partial charge in [-0.15, -0.1) is 11.3 Å². The van der Waals surface area contributed by atoms with Crippen LogP contribution in [0.1, 0.15) is 23.5 Å². The second-order valence-electron chi connectivity index (χ2n) is 6.16. The Morgan fingerprint density at radius 1 is 1.19 bits per heavy atom. The summed E-state index contributed by atoms with van der Waals surface area (Å²) in [5.41, 5.74) is 1.53. The smallest absolute Gasteiger partial charge is 0.310 e. The molecule has 0 unspecified atom stereocenters. The normalized spacial score (nSPS) is 12.0. The first kappa shape index (κ1) is 19.0. The molecule has 0 bridgehead atoms. The highest BCUT2D eigenvalue weighted by atomic mass is 32.1. The monoisotopic (exact) mass is 386 g/mol. The molecule has 140 valence electrons. The van der Waals surface area contributed by atoms with Gasteiger partial charge >= 0.3 is 5.97 Å². The molecular formula is C20H19FN2O3S. The maximum absolute atomic E-state index is 12.9. The van der Waals surface area contributed by atoms with Gasteiger partial charge in [0.05, 0.1) is 22.7 Å². The number of fused-ring (bicyclic) bond motifs is 1. The van der Waals surface area contributed by atoms with Gasteiger partial charge in [-0.2, -0.15) is 0 Å². The molecule has 1 aromatic heterocycles. The fourth-order valence-corrected chi connectivity index (χ4v) is 3.58. The van der Waals surface area contributed by atoms with E-state index in [9.17, 15) is 14.0 Å². The molecular weight excluding hydrogens is 367 g/mol. The van der Waals surface area contributed by atoms with Crippen LogP contribution >= 0.6 is 11.3 Å². The Morgan fingerprint density at radius 3 is 2.59 bits per heavy atom. The summed E-state index contributed by atoms with van der Waals surface area (Å²) >= 11 is 1.54. The minimum absolute atomic E-state index is 0.00923. The van der Waals surface area contributed by atoms with E-state index in [0.717, 1.165) is 15.2 Å². The zero-order valence-electron chi connectivity index (χ0n) is 15.0. The minimum Gasteiger partial charge on any atom is -0.455 e. The molecule has 1 heterocycles. The van der Waals surface area contributed by atoms with Crippen molar-refractivity contribution in [2.75, 3.05) is 13.7 Å². The number of aromatic nitrogens is 1. The first-order valence-electron chi connectivity index (χ1n) is 8.45. The van der Waals surface area contributed by atoms with E-state index in [4.69, 9.17) is 4.74 Å². The lowest BCUT2D eigenvalue weighted by molar-refractivity contribution is -0.151. The van der Waals surface area contributed by atoms with Crippen LogP contribution in [0.15, 0.2) is 48.5 Å². The predicted octanol–water partition coefficient (Wildman–Crippen LogP) is 3.74. The SMILES string of the molecule is C[C@@H](c1nc2ccccc2s1)N(C)C(=O)COC(=O)Cc1ccc(F)cc1. The summed E-state index contributed by atoms with van der Waals surface area (Å²) < 4.78 is 19.0. The molecule has 0 fully saturated rings. The van der Waals surface area contributed by atoms with Crippen LogP contribution in [-0.4, -0.2) is 35.4 Å². The number of hydrogen-bond acceptors (Lipinski definition) is 5. The lowest BCUT2D eigenvalue weighted by Gasteiger charge is -2.23. The van der Waals surface area contributed by atoms with Crippen molar-refractivity contribution >= 4 is 33.4 Å². The van der Waals surface area contributed by atoms with E-state index < -0.39 is 5.97 Å². The number of halogens is 1. The maximum Gasteiger partial charge on any atom is 0.310 e. The number of rotatable bonds is 6. The van der Waals surface area contributed by atoms with Gasteiger partial charge in [0.15, 0.2) is 6.61 Å². The third-order valence-electron chi connectivity index (χ3n) is 4.26. The number of thiazole rings is 1. The lowest BCUT2D eigenvalue weighted by atomic mass is 10.1. The summed E-state index contributed by atoms with van der Waals surface area (Å²) in [6, 6.07) is 13.1. The standard InChI is InChI=1S/C20H19FN2O3S/c1-13(20-22-16-5-3-4-6-17(16)27-20)23(2)18(24)12-26-19(25)11-14-7-9-15(21)10-8-14/h3-10,13H,11-12H2,1-2H3/t13-/m0/s1. The van der Waals surface area contributed by atoms with Crippen molar-refractivity contribution in [3.05, 3.63) is 64.9 Å². The van der Waals surface area contributed by atoms with Gasteiger partial charge in [-0.25, -0.2) is 9.37 Å². The summed E-state index contributed by atoms with van der Waals surface area (Å²) in [6.07, 6.45) is -0.00923. The van der Waals surface area contributed by atoms with Crippen molar-refractivity contribution in [3.63, 3.8) is 0 Å². The van der Waals surface area contributed by atoms with Crippen LogP contribution in [0.5, 0.6) is 0 Å². The van der Waals surface area contributed by atoms with E-state index in [0.29, 0.717) is 5.56 Å². The largest absolute Gasteiger partial charge is 0.455 e. The summed E-state index contributed by atoms with van der Waals surface area (Å²) in [5, 5.41) is 0.824. The van der Waals surface area contributed by atoms with Gasteiger partial charge in [0.1, 0.15) is 10.8 Å². The van der Waals surface area contributed by atoms with Gasteiger partial charge in [-0.1, -0.05) is 24.3 Å². The van der Waals surface area contributed by atoms with Crippen LogP contribution in [0, 0.1) is 5.82 Å². The van der Waals surface area contributed by atoms with Crippen LogP contribution in [0.2, 0.25) is 0 Å². The molecule has 1 amide bonds. The Labute approximate surface area is 160 Å². The van der Waals surface area contributed by atoms with Crippen molar-refractivity contribution in [3.8, 4) is 0 Å². The third-order valence-corrected chi connectivity index (χ3v) is 5.47. The van der Waals surface area contributed by atoms with E-state index >= 15 is 0 Å². The number of carbonyl (C=O) groups excluding carboxylic acids is 2. The molecule has 0 spiro atoms. The lowest BCUT2D eigenvalue weighted by Crippen LogP contribution is -2.33. The zero-order chi connectivity index (χ0) is 19.4. The molecule has 27 heavy (non-hydrogen) atoms. The number of nitrogens with zero attached hydrogens (tertiary/aromatic N) is 2. The molecule has 2 aromatic carbocycles. The van der Waals surface area contributed by atoms with Crippen LogP contribution in [0.4, 0.5) is 4.39 Å². The van der Waals surface area contributed by atoms with Crippen LogP contribution in [-0.2, 0) is 20.7 Å². The average molecular weight is 386 g/mol. The number of amides is 1. The number of carbonyl (C=O) groups is 2. The molecule has 0 aliphatic heterocycles. The second-order valence-corrected chi connectivity index (χ2v) is 7.23. The molecule has 3 aromatic rings. The average Bonchev–Trinajstić information content (AvgIpc) is 3.11. The number of benzene rings is 2. The van der Waals surface area contributed by atoms with Crippen LogP contribution < -0.4 is 0 Å². The van der Waals surface area contributed by atoms with E-state index in [1.807, 2.05) is 31.2 Å². The van der Waals surface area contributed by atoms with E-state index in [1.54, 1.807) is 7.05 Å². The molecule has 5 nitrogen and oxygen atoms in total. The molecule has 0 N–H and O–H groups in total. The van der Waals surface area contributed by atoms with Crippen LogP contribution in [0.3, 0.4) is 0 Å². The minimum atomic E-state index is -0.531. The van der Waals surface area contributed by atoms with Crippen molar-refractivity contribution in [2.24, 2.45) is 0 Å². The molecule has 0 radical (unpaired) electrons. The number of likely N-dealkylation sites (N-methyl/N-ethyl adjacent to an activating group) is 1. The molecule has 0 saturated carbocycles. The number of esters is 1. The Balaban J connectivity index is 1.54. The number of para-hydroxylation sites is 1. The molecule has 3 rings (SSSR count). The highest BCUT2D eigenvalue weighted by Crippen LogP contribution is 2.28. The van der Waals surface area contributed by atoms with E-state index in [-0.39, 0.29) is 30.8 Å². The van der Waals surface area contributed by atoms with Crippen molar-refractivity contribution in [2.45, 2.75) is 19.4 Å². The fourth-order valence-electron chi connectivity index (χ4n) is 2.51. The topological polar surface area (TPSA) is 59.5 Å². The molecule has 0 aliphatic carbocycles. The first-order valence-corrected chi connectivity index (χ1v) is 9.27. The summed E-state index contributed by atoms with van der Waals surface area (Å²) in [7, 11) is 1.66. The fraction of sp³-hybridized carbons (Fsp3) is 0.250. The van der Waals surface area contributed by atoms with Crippen LogP contribution in [0.25, 0.3) is 10.2 Å². The third kappa shape index (κ3) is 4.68. The summed E-state index contributed by atoms with van der Waals surface area (Å²) in [5.74, 6) is -1.21. The Bertz CT molecular complexity index is 922. The summed E-state index contributed by atoms with van der Waals surface area (Å²) in [4.78, 5) is 30.3. The van der Waals surface area contributed by atoms with Gasteiger partial charge in [-0.05, 0) is 36.8 Å². The van der Waals surface area contributed by atoms with Gasteiger partial charge in [-0.3, -0.25) is 9.59 Å². The molecule has 1 atom stereocenters. The van der Waals surface area contributed by atoms with E-state index in [2.05, 4.69) is 4.98 Å². The van der Waals surface area contributed by atoms with Gasteiger partial charge in [0.2, 0.25) is 0 Å². The molecule has 0 aliphatic rings. The second kappa shape index (κ2) is 8.26. The van der Waals surface area contributed by atoms with E-state index in [1.165, 1.54) is 40.5 Å². The predicted molar refractivity (Wildman–Crippen MR) is 102 cm³/mol. The van der Waals surface area contributed by atoms with Gasteiger partial charge in [0, 0.05) is 7.05 Å². The van der Waals surface area contributed by atoms with Crippen molar-refractivity contribution < 1.29 is 18.7 Å². The van der Waals surface area contributed by atoms with Gasteiger partial charge in [0.25, 0.3) is 5.91 Å². The Kier molecular flexibility index (Phi) is 5.81. The highest BCUT2D eigenvalue weighted by Gasteiger charge is 2.21.